The van der Waals surface area contributed by atoms with Gasteiger partial charge in [-0.2, -0.15) is 0 Å². The fourth-order valence-corrected chi connectivity index (χ4v) is 1.76. The Morgan fingerprint density at radius 3 is 2.13 bits per heavy atom. The summed E-state index contributed by atoms with van der Waals surface area (Å²) in [5, 5.41) is 0. The second-order valence-corrected chi connectivity index (χ2v) is 6.34. The Hall–Kier alpha value is -1.69. The normalized spacial score (nSPS) is 11.7. The van der Waals surface area contributed by atoms with E-state index < -0.39 is 11.2 Å². The number of ether oxygens (including phenoxy) is 3. The van der Waals surface area contributed by atoms with Crippen molar-refractivity contribution in [3.8, 4) is 0 Å². The standard InChI is InChI=1S/C17H28O6/c1-7-13(18)17(4,5)22-12-11-16(2,3)23-15(20)10-8-9-14(19)21-6/h7H,1,8-12H2,2-6H3. The van der Waals surface area contributed by atoms with Gasteiger partial charge in [0.1, 0.15) is 11.2 Å². The van der Waals surface area contributed by atoms with E-state index in [1.807, 2.05) is 0 Å². The predicted octanol–water partition coefficient (Wildman–Crippen LogP) is 2.59. The first-order valence-electron chi connectivity index (χ1n) is 7.63. The van der Waals surface area contributed by atoms with Crippen LogP contribution in [-0.2, 0) is 28.6 Å². The van der Waals surface area contributed by atoms with Crippen LogP contribution in [0, 0.1) is 0 Å². The largest absolute Gasteiger partial charge is 0.469 e. The first kappa shape index (κ1) is 21.3. The molecule has 0 rings (SSSR count). The van der Waals surface area contributed by atoms with E-state index in [2.05, 4.69) is 11.3 Å². The molecule has 0 unspecified atom stereocenters. The van der Waals surface area contributed by atoms with Gasteiger partial charge >= 0.3 is 11.9 Å². The molecule has 0 aliphatic carbocycles. The average molecular weight is 328 g/mol. The molecule has 0 saturated heterocycles. The Balaban J connectivity index is 4.18. The summed E-state index contributed by atoms with van der Waals surface area (Å²) in [6.07, 6.45) is 2.40. The van der Waals surface area contributed by atoms with E-state index in [1.165, 1.54) is 13.2 Å². The van der Waals surface area contributed by atoms with Crippen LogP contribution in [0.2, 0.25) is 0 Å². The van der Waals surface area contributed by atoms with Crippen molar-refractivity contribution in [1.82, 2.24) is 0 Å². The molecule has 0 aromatic rings. The number of esters is 2. The highest BCUT2D eigenvalue weighted by Crippen LogP contribution is 2.19. The van der Waals surface area contributed by atoms with Crippen molar-refractivity contribution < 1.29 is 28.6 Å². The first-order chi connectivity index (χ1) is 10.5. The molecule has 6 heteroatoms. The Bertz CT molecular complexity index is 436. The second kappa shape index (κ2) is 9.45. The van der Waals surface area contributed by atoms with E-state index in [-0.39, 0.29) is 37.2 Å². The van der Waals surface area contributed by atoms with Crippen LogP contribution < -0.4 is 0 Å². The molecule has 0 radical (unpaired) electrons. The van der Waals surface area contributed by atoms with Crippen molar-refractivity contribution in [2.24, 2.45) is 0 Å². The van der Waals surface area contributed by atoms with Gasteiger partial charge in [0, 0.05) is 19.3 Å². The molecule has 23 heavy (non-hydrogen) atoms. The minimum Gasteiger partial charge on any atom is -0.469 e. The summed E-state index contributed by atoms with van der Waals surface area (Å²) in [4.78, 5) is 34.3. The highest BCUT2D eigenvalue weighted by molar-refractivity contribution is 5.95. The van der Waals surface area contributed by atoms with E-state index in [0.29, 0.717) is 12.8 Å². The maximum absolute atomic E-state index is 11.8. The average Bonchev–Trinajstić information content (AvgIpc) is 2.44. The lowest BCUT2D eigenvalue weighted by molar-refractivity contribution is -0.160. The number of hydrogen-bond acceptors (Lipinski definition) is 6. The number of carbonyl (C=O) groups excluding carboxylic acids is 3. The van der Waals surface area contributed by atoms with Gasteiger partial charge in [0.15, 0.2) is 5.78 Å². The summed E-state index contributed by atoms with van der Waals surface area (Å²) in [5.41, 5.74) is -1.65. The van der Waals surface area contributed by atoms with Crippen LogP contribution in [0.1, 0.15) is 53.4 Å². The molecule has 0 aromatic heterocycles. The number of ketones is 1. The molecular formula is C17H28O6. The molecule has 0 spiro atoms. The zero-order valence-corrected chi connectivity index (χ0v) is 14.8. The minimum absolute atomic E-state index is 0.153. The molecule has 0 atom stereocenters. The quantitative estimate of drug-likeness (QED) is 0.428. The highest BCUT2D eigenvalue weighted by atomic mass is 16.6. The highest BCUT2D eigenvalue weighted by Gasteiger charge is 2.28. The SMILES string of the molecule is C=CC(=O)C(C)(C)OCCC(C)(C)OC(=O)CCCC(=O)OC. The maximum atomic E-state index is 11.8. The van der Waals surface area contributed by atoms with E-state index in [0.717, 1.165) is 0 Å². The molecule has 0 aliphatic heterocycles. The van der Waals surface area contributed by atoms with Crippen molar-refractivity contribution in [2.75, 3.05) is 13.7 Å². The van der Waals surface area contributed by atoms with Crippen LogP contribution in [0.5, 0.6) is 0 Å². The van der Waals surface area contributed by atoms with Gasteiger partial charge in [-0.1, -0.05) is 6.58 Å². The lowest BCUT2D eigenvalue weighted by Crippen LogP contribution is -2.36. The van der Waals surface area contributed by atoms with Crippen LogP contribution in [0.3, 0.4) is 0 Å². The summed E-state index contributed by atoms with van der Waals surface area (Å²) >= 11 is 0. The van der Waals surface area contributed by atoms with Gasteiger partial charge in [-0.3, -0.25) is 14.4 Å². The summed E-state index contributed by atoms with van der Waals surface area (Å²) in [5.74, 6) is -0.921. The van der Waals surface area contributed by atoms with Crippen LogP contribution in [0.15, 0.2) is 12.7 Å². The number of hydrogen-bond donors (Lipinski definition) is 0. The monoisotopic (exact) mass is 328 g/mol. The molecule has 6 nitrogen and oxygen atoms in total. The molecule has 0 N–H and O–H groups in total. The molecular weight excluding hydrogens is 300 g/mol. The molecule has 0 aromatic carbocycles. The molecule has 0 fully saturated rings. The van der Waals surface area contributed by atoms with Gasteiger partial charge in [-0.05, 0) is 40.2 Å². The molecule has 0 bridgehead atoms. The topological polar surface area (TPSA) is 78.9 Å². The maximum Gasteiger partial charge on any atom is 0.306 e. The zero-order valence-electron chi connectivity index (χ0n) is 14.8. The third kappa shape index (κ3) is 9.13. The van der Waals surface area contributed by atoms with Gasteiger partial charge in [0.05, 0.1) is 13.7 Å². The van der Waals surface area contributed by atoms with Crippen LogP contribution in [0.25, 0.3) is 0 Å². The van der Waals surface area contributed by atoms with Crippen LogP contribution in [-0.4, -0.2) is 42.6 Å². The number of methoxy groups -OCH3 is 1. The molecule has 0 saturated carbocycles. The fraction of sp³-hybridized carbons (Fsp3) is 0.706. The summed E-state index contributed by atoms with van der Waals surface area (Å²) in [6, 6.07) is 0. The molecule has 0 aliphatic rings. The van der Waals surface area contributed by atoms with Gasteiger partial charge < -0.3 is 14.2 Å². The van der Waals surface area contributed by atoms with Gasteiger partial charge in [-0.15, -0.1) is 0 Å². The molecule has 0 heterocycles. The number of carbonyl (C=O) groups is 3. The summed E-state index contributed by atoms with van der Waals surface area (Å²) < 4.78 is 15.4. The third-order valence-corrected chi connectivity index (χ3v) is 3.33. The lowest BCUT2D eigenvalue weighted by Gasteiger charge is -2.28. The number of rotatable bonds is 11. The molecule has 0 amide bonds. The van der Waals surface area contributed by atoms with E-state index >= 15 is 0 Å². The van der Waals surface area contributed by atoms with Crippen molar-refractivity contribution in [3.63, 3.8) is 0 Å². The minimum atomic E-state index is -0.942. The van der Waals surface area contributed by atoms with Crippen LogP contribution >= 0.6 is 0 Å². The summed E-state index contributed by atoms with van der Waals surface area (Å²) in [6.45, 7) is 10.6. The second-order valence-electron chi connectivity index (χ2n) is 6.34. The van der Waals surface area contributed by atoms with Gasteiger partial charge in [-0.25, -0.2) is 0 Å². The fourth-order valence-electron chi connectivity index (χ4n) is 1.76. The molecule has 132 valence electrons. The Morgan fingerprint density at radius 1 is 1.04 bits per heavy atom. The smallest absolute Gasteiger partial charge is 0.306 e. The van der Waals surface area contributed by atoms with Crippen molar-refractivity contribution in [3.05, 3.63) is 12.7 Å². The van der Waals surface area contributed by atoms with E-state index in [1.54, 1.807) is 27.7 Å². The van der Waals surface area contributed by atoms with Crippen molar-refractivity contribution in [1.29, 1.82) is 0 Å². The Kier molecular flexibility index (Phi) is 8.75. The Morgan fingerprint density at radius 2 is 1.61 bits per heavy atom. The van der Waals surface area contributed by atoms with Crippen molar-refractivity contribution >= 4 is 17.7 Å². The summed E-state index contributed by atoms with van der Waals surface area (Å²) in [7, 11) is 1.31. The van der Waals surface area contributed by atoms with Crippen LogP contribution in [0.4, 0.5) is 0 Å². The Labute approximate surface area is 138 Å². The van der Waals surface area contributed by atoms with E-state index in [4.69, 9.17) is 9.47 Å². The zero-order chi connectivity index (χ0) is 18.1. The van der Waals surface area contributed by atoms with Gasteiger partial charge in [0.2, 0.25) is 0 Å². The third-order valence-electron chi connectivity index (χ3n) is 3.33. The van der Waals surface area contributed by atoms with Gasteiger partial charge in [0.25, 0.3) is 0 Å². The van der Waals surface area contributed by atoms with Crippen molar-refractivity contribution in [2.45, 2.75) is 64.6 Å². The predicted molar refractivity (Wildman–Crippen MR) is 85.9 cm³/mol. The van der Waals surface area contributed by atoms with E-state index in [9.17, 15) is 14.4 Å². The lowest BCUT2D eigenvalue weighted by atomic mass is 10.0. The first-order valence-corrected chi connectivity index (χ1v) is 7.63.